The second kappa shape index (κ2) is 9.55. The third-order valence-electron chi connectivity index (χ3n) is 4.24. The Labute approximate surface area is 164 Å². The monoisotopic (exact) mass is 377 g/mol. The number of aryl methyl sites for hydroxylation is 2. The maximum absolute atomic E-state index is 11.1. The molecule has 0 saturated heterocycles. The lowest BCUT2D eigenvalue weighted by molar-refractivity contribution is -0.134. The van der Waals surface area contributed by atoms with Gasteiger partial charge in [-0.15, -0.1) is 0 Å². The van der Waals surface area contributed by atoms with Crippen molar-refractivity contribution < 1.29 is 18.7 Å². The van der Waals surface area contributed by atoms with Crippen molar-refractivity contribution in [2.45, 2.75) is 26.4 Å². The van der Waals surface area contributed by atoms with Gasteiger partial charge in [0.1, 0.15) is 23.8 Å². The number of allylic oxidation sites excluding steroid dienone is 1. The van der Waals surface area contributed by atoms with E-state index >= 15 is 0 Å². The van der Waals surface area contributed by atoms with Gasteiger partial charge in [-0.1, -0.05) is 36.4 Å². The van der Waals surface area contributed by atoms with Gasteiger partial charge in [0.2, 0.25) is 5.89 Å². The van der Waals surface area contributed by atoms with Crippen LogP contribution in [0.4, 0.5) is 0 Å². The number of methoxy groups -OCH3 is 1. The third-order valence-corrected chi connectivity index (χ3v) is 4.24. The first-order valence-electron chi connectivity index (χ1n) is 9.13. The predicted molar refractivity (Wildman–Crippen MR) is 107 cm³/mol. The molecule has 2 aromatic carbocycles. The van der Waals surface area contributed by atoms with E-state index in [1.54, 1.807) is 0 Å². The molecule has 5 nitrogen and oxygen atoms in total. The molecule has 0 aliphatic rings. The van der Waals surface area contributed by atoms with Crippen molar-refractivity contribution in [3.05, 3.63) is 83.8 Å². The van der Waals surface area contributed by atoms with Crippen molar-refractivity contribution in [1.82, 2.24) is 4.98 Å². The van der Waals surface area contributed by atoms with Crippen LogP contribution in [0.25, 0.3) is 11.5 Å². The van der Waals surface area contributed by atoms with E-state index in [0.29, 0.717) is 12.5 Å². The highest BCUT2D eigenvalue weighted by molar-refractivity contribution is 5.81. The summed E-state index contributed by atoms with van der Waals surface area (Å²) in [4.78, 5) is 15.6. The Hall–Kier alpha value is -3.34. The minimum Gasteiger partial charge on any atom is -0.487 e. The van der Waals surface area contributed by atoms with Gasteiger partial charge in [-0.3, -0.25) is 0 Å². The molecule has 0 radical (unpaired) electrons. The largest absolute Gasteiger partial charge is 0.487 e. The normalized spacial score (nSPS) is 10.9. The molecule has 0 amide bonds. The molecule has 28 heavy (non-hydrogen) atoms. The maximum Gasteiger partial charge on any atom is 0.330 e. The second-order valence-electron chi connectivity index (χ2n) is 6.29. The molecule has 5 heteroatoms. The van der Waals surface area contributed by atoms with Gasteiger partial charge < -0.3 is 13.9 Å². The Morgan fingerprint density at radius 3 is 2.75 bits per heavy atom. The van der Waals surface area contributed by atoms with Crippen molar-refractivity contribution in [2.24, 2.45) is 0 Å². The number of carbonyl (C=O) groups excluding carboxylic acids is 1. The number of hydrogen-bond donors (Lipinski definition) is 0. The van der Waals surface area contributed by atoms with Crippen molar-refractivity contribution in [1.29, 1.82) is 0 Å². The van der Waals surface area contributed by atoms with Crippen molar-refractivity contribution in [3.8, 4) is 17.2 Å². The molecule has 1 aromatic heterocycles. The predicted octanol–water partition coefficient (Wildman–Crippen LogP) is 4.89. The Morgan fingerprint density at radius 1 is 1.14 bits per heavy atom. The van der Waals surface area contributed by atoms with Crippen LogP contribution in [0.3, 0.4) is 0 Å². The molecular weight excluding hydrogens is 354 g/mol. The van der Waals surface area contributed by atoms with E-state index in [9.17, 15) is 4.79 Å². The van der Waals surface area contributed by atoms with Gasteiger partial charge in [0, 0.05) is 11.6 Å². The van der Waals surface area contributed by atoms with Crippen LogP contribution in [0.15, 0.2) is 71.2 Å². The van der Waals surface area contributed by atoms with Crippen LogP contribution in [-0.2, 0) is 22.6 Å². The van der Waals surface area contributed by atoms with Crippen LogP contribution >= 0.6 is 0 Å². The number of carbonyl (C=O) groups is 1. The van der Waals surface area contributed by atoms with Gasteiger partial charge in [0.15, 0.2) is 0 Å². The van der Waals surface area contributed by atoms with Gasteiger partial charge >= 0.3 is 5.97 Å². The summed E-state index contributed by atoms with van der Waals surface area (Å²) in [5.74, 6) is 1.79. The molecule has 144 valence electrons. The molecule has 0 fully saturated rings. The topological polar surface area (TPSA) is 61.6 Å². The molecule has 0 aliphatic carbocycles. The van der Waals surface area contributed by atoms with E-state index < -0.39 is 0 Å². The van der Waals surface area contributed by atoms with Gasteiger partial charge in [0.05, 0.1) is 7.11 Å². The van der Waals surface area contributed by atoms with Gasteiger partial charge in [-0.25, -0.2) is 9.78 Å². The first-order valence-corrected chi connectivity index (χ1v) is 9.13. The van der Waals surface area contributed by atoms with Crippen LogP contribution in [0.5, 0.6) is 5.75 Å². The van der Waals surface area contributed by atoms with E-state index in [2.05, 4.69) is 9.72 Å². The summed E-state index contributed by atoms with van der Waals surface area (Å²) in [7, 11) is 1.37. The summed E-state index contributed by atoms with van der Waals surface area (Å²) in [6.45, 7) is 2.23. The smallest absolute Gasteiger partial charge is 0.330 e. The highest BCUT2D eigenvalue weighted by atomic mass is 16.5. The number of ether oxygens (including phenoxy) is 2. The standard InChI is InChI=1S/C23H23NO4/c1-17-21(24-23(28-17)19-11-4-3-5-12-19)16-27-20-13-8-10-18(15-20)9-6-7-14-22(25)26-2/h3-5,7-8,10-15H,6,9,16H2,1-2H3/b14-7-. The van der Waals surface area contributed by atoms with Crippen LogP contribution in [0, 0.1) is 6.92 Å². The van der Waals surface area contributed by atoms with Crippen LogP contribution in [0.2, 0.25) is 0 Å². The molecule has 1 heterocycles. The van der Waals surface area contributed by atoms with Gasteiger partial charge in [-0.05, 0) is 49.6 Å². The van der Waals surface area contributed by atoms with Crippen LogP contribution < -0.4 is 4.74 Å². The fourth-order valence-corrected chi connectivity index (χ4v) is 2.71. The van der Waals surface area contributed by atoms with E-state index in [4.69, 9.17) is 9.15 Å². The average Bonchev–Trinajstić information content (AvgIpc) is 3.11. The van der Waals surface area contributed by atoms with Crippen molar-refractivity contribution in [3.63, 3.8) is 0 Å². The summed E-state index contributed by atoms with van der Waals surface area (Å²) in [6.07, 6.45) is 4.81. The third kappa shape index (κ3) is 5.33. The SMILES string of the molecule is COC(=O)/C=C\CCc1cccc(OCc2nc(-c3ccccc3)oc2C)c1. The lowest BCUT2D eigenvalue weighted by Gasteiger charge is -2.06. The van der Waals surface area contributed by atoms with Gasteiger partial charge in [0.25, 0.3) is 0 Å². The Bertz CT molecular complexity index is 944. The van der Waals surface area contributed by atoms with E-state index in [1.807, 2.05) is 67.6 Å². The number of nitrogens with zero attached hydrogens (tertiary/aromatic N) is 1. The Kier molecular flexibility index (Phi) is 6.63. The summed E-state index contributed by atoms with van der Waals surface area (Å²) in [6, 6.07) is 17.7. The summed E-state index contributed by atoms with van der Waals surface area (Å²) in [5, 5.41) is 0. The first kappa shape index (κ1) is 19.4. The van der Waals surface area contributed by atoms with E-state index in [1.165, 1.54) is 13.2 Å². The fourth-order valence-electron chi connectivity index (χ4n) is 2.71. The van der Waals surface area contributed by atoms with Crippen LogP contribution in [0.1, 0.15) is 23.4 Å². The number of esters is 1. The molecule has 0 N–H and O–H groups in total. The fraction of sp³-hybridized carbons (Fsp3) is 0.217. The highest BCUT2D eigenvalue weighted by Crippen LogP contribution is 2.23. The number of rotatable bonds is 8. The average molecular weight is 377 g/mol. The number of oxazole rings is 1. The molecular formula is C23H23NO4. The molecule has 3 aromatic rings. The van der Waals surface area contributed by atoms with Crippen molar-refractivity contribution in [2.75, 3.05) is 7.11 Å². The quantitative estimate of drug-likeness (QED) is 0.413. The maximum atomic E-state index is 11.1. The second-order valence-corrected chi connectivity index (χ2v) is 6.29. The summed E-state index contributed by atoms with van der Waals surface area (Å²) in [5.41, 5.74) is 2.86. The van der Waals surface area contributed by atoms with E-state index in [-0.39, 0.29) is 5.97 Å². The highest BCUT2D eigenvalue weighted by Gasteiger charge is 2.11. The number of aromatic nitrogens is 1. The zero-order valence-corrected chi connectivity index (χ0v) is 16.1. The molecule has 0 atom stereocenters. The molecule has 0 saturated carbocycles. The summed E-state index contributed by atoms with van der Waals surface area (Å²) < 4.78 is 16.3. The minimum absolute atomic E-state index is 0.338. The molecule has 0 aliphatic heterocycles. The van der Waals surface area contributed by atoms with E-state index in [0.717, 1.165) is 41.2 Å². The zero-order chi connectivity index (χ0) is 19.8. The number of benzene rings is 2. The molecule has 0 unspecified atom stereocenters. The van der Waals surface area contributed by atoms with Crippen LogP contribution in [-0.4, -0.2) is 18.1 Å². The van der Waals surface area contributed by atoms with Crippen molar-refractivity contribution >= 4 is 5.97 Å². The minimum atomic E-state index is -0.338. The molecule has 3 rings (SSSR count). The first-order chi connectivity index (χ1) is 13.7. The summed E-state index contributed by atoms with van der Waals surface area (Å²) >= 11 is 0. The lowest BCUT2D eigenvalue weighted by Crippen LogP contribution is -1.98. The lowest BCUT2D eigenvalue weighted by atomic mass is 10.1. The zero-order valence-electron chi connectivity index (χ0n) is 16.1. The van der Waals surface area contributed by atoms with Gasteiger partial charge in [-0.2, -0.15) is 0 Å². The number of hydrogen-bond acceptors (Lipinski definition) is 5. The Morgan fingerprint density at radius 2 is 1.96 bits per heavy atom. The molecule has 0 bridgehead atoms. The Balaban J connectivity index is 1.58. The molecule has 0 spiro atoms.